The van der Waals surface area contributed by atoms with Gasteiger partial charge in [-0.15, -0.1) is 0 Å². The second-order valence-electron chi connectivity index (χ2n) is 9.89. The highest BCUT2D eigenvalue weighted by Gasteiger charge is 2.36. The van der Waals surface area contributed by atoms with Crippen molar-refractivity contribution in [2.45, 2.75) is 19.3 Å². The molecular formula is C34H29N. The molecule has 5 aromatic rings. The van der Waals surface area contributed by atoms with Crippen LogP contribution in [0.15, 0.2) is 121 Å². The summed E-state index contributed by atoms with van der Waals surface area (Å²) in [5, 5.41) is 0. The Hall–Kier alpha value is -4.10. The average Bonchev–Trinajstić information content (AvgIpc) is 3.16. The Morgan fingerprint density at radius 2 is 1.06 bits per heavy atom. The molecule has 1 nitrogen and oxygen atoms in total. The number of fused-ring (bicyclic) bond motifs is 3. The molecule has 1 aliphatic rings. The normalized spacial score (nSPS) is 13.2. The summed E-state index contributed by atoms with van der Waals surface area (Å²) in [6.07, 6.45) is 0. The minimum Gasteiger partial charge on any atom is -0.344 e. The van der Waals surface area contributed by atoms with Crippen molar-refractivity contribution in [3.05, 3.63) is 132 Å². The van der Waals surface area contributed by atoms with Gasteiger partial charge in [0.2, 0.25) is 0 Å². The Kier molecular flexibility index (Phi) is 5.07. The van der Waals surface area contributed by atoms with Crippen LogP contribution in [0.1, 0.15) is 25.0 Å². The number of hydrogen-bond donors (Lipinski definition) is 0. The molecule has 0 saturated heterocycles. The summed E-state index contributed by atoms with van der Waals surface area (Å²) < 4.78 is 0. The molecule has 0 heterocycles. The molecule has 1 heteroatoms. The summed E-state index contributed by atoms with van der Waals surface area (Å²) in [6.45, 7) is 4.67. The molecule has 0 bridgehead atoms. The van der Waals surface area contributed by atoms with Gasteiger partial charge in [0.05, 0.1) is 0 Å². The molecule has 0 atom stereocenters. The number of benzene rings is 5. The first-order chi connectivity index (χ1) is 17.1. The quantitative estimate of drug-likeness (QED) is 0.263. The van der Waals surface area contributed by atoms with Gasteiger partial charge in [-0.3, -0.25) is 0 Å². The lowest BCUT2D eigenvalue weighted by Crippen LogP contribution is -2.14. The number of rotatable bonds is 4. The molecule has 5 aromatic carbocycles. The van der Waals surface area contributed by atoms with Crippen LogP contribution in [0.3, 0.4) is 0 Å². The van der Waals surface area contributed by atoms with Crippen molar-refractivity contribution in [3.63, 3.8) is 0 Å². The van der Waals surface area contributed by atoms with Gasteiger partial charge in [-0.25, -0.2) is 0 Å². The number of anilines is 2. The van der Waals surface area contributed by atoms with Gasteiger partial charge in [-0.1, -0.05) is 117 Å². The van der Waals surface area contributed by atoms with Crippen LogP contribution < -0.4 is 4.90 Å². The molecule has 0 spiro atoms. The van der Waals surface area contributed by atoms with Crippen molar-refractivity contribution in [1.29, 1.82) is 0 Å². The summed E-state index contributed by atoms with van der Waals surface area (Å²) in [7, 11) is 2.15. The van der Waals surface area contributed by atoms with E-state index < -0.39 is 0 Å². The molecule has 0 aromatic heterocycles. The van der Waals surface area contributed by atoms with E-state index in [0.717, 1.165) is 0 Å². The molecule has 0 saturated carbocycles. The molecule has 0 fully saturated rings. The maximum absolute atomic E-state index is 2.34. The van der Waals surface area contributed by atoms with Crippen molar-refractivity contribution < 1.29 is 0 Å². The minimum absolute atomic E-state index is 0.0171. The lowest BCUT2D eigenvalue weighted by molar-refractivity contribution is 0.660. The van der Waals surface area contributed by atoms with Crippen molar-refractivity contribution in [1.82, 2.24) is 0 Å². The molecule has 35 heavy (non-hydrogen) atoms. The summed E-state index contributed by atoms with van der Waals surface area (Å²) in [6, 6.07) is 43.8. The van der Waals surface area contributed by atoms with Crippen LogP contribution in [0, 0.1) is 0 Å². The number of nitrogens with zero attached hydrogens (tertiary/aromatic N) is 1. The van der Waals surface area contributed by atoms with E-state index in [9.17, 15) is 0 Å². The predicted molar refractivity (Wildman–Crippen MR) is 149 cm³/mol. The summed E-state index contributed by atoms with van der Waals surface area (Å²) in [5.74, 6) is 0. The van der Waals surface area contributed by atoms with E-state index in [4.69, 9.17) is 0 Å². The summed E-state index contributed by atoms with van der Waals surface area (Å²) in [4.78, 5) is 2.28. The highest BCUT2D eigenvalue weighted by Crippen LogP contribution is 2.52. The standard InChI is InChI=1S/C34H29N/c1-34(2)30-17-9-7-15-29(30)33-28(16-11-18-31(33)34)25-20-22-26(23-21-25)35(3)32-19-10-8-14-27(32)24-12-5-4-6-13-24/h4-23H,1-3H3. The van der Waals surface area contributed by atoms with Gasteiger partial charge in [0.15, 0.2) is 0 Å². The first kappa shape index (κ1) is 21.4. The van der Waals surface area contributed by atoms with E-state index in [1.54, 1.807) is 0 Å². The van der Waals surface area contributed by atoms with E-state index >= 15 is 0 Å². The predicted octanol–water partition coefficient (Wildman–Crippen LogP) is 9.09. The Balaban J connectivity index is 1.39. The maximum Gasteiger partial charge on any atom is 0.0487 e. The second kappa shape index (κ2) is 8.29. The Morgan fingerprint density at radius 1 is 0.486 bits per heavy atom. The molecule has 1 aliphatic carbocycles. The minimum atomic E-state index is 0.0171. The molecule has 6 rings (SSSR count). The van der Waals surface area contributed by atoms with Gasteiger partial charge in [0.1, 0.15) is 0 Å². The zero-order valence-corrected chi connectivity index (χ0v) is 20.5. The molecule has 0 unspecified atom stereocenters. The zero-order chi connectivity index (χ0) is 24.0. The van der Waals surface area contributed by atoms with Crippen LogP contribution in [0.4, 0.5) is 11.4 Å². The van der Waals surface area contributed by atoms with Crippen LogP contribution in [-0.2, 0) is 5.41 Å². The van der Waals surface area contributed by atoms with E-state index in [1.807, 2.05) is 0 Å². The van der Waals surface area contributed by atoms with Crippen molar-refractivity contribution >= 4 is 11.4 Å². The Bertz CT molecular complexity index is 1510. The Morgan fingerprint density at radius 3 is 1.83 bits per heavy atom. The van der Waals surface area contributed by atoms with Crippen LogP contribution in [0.25, 0.3) is 33.4 Å². The molecule has 0 amide bonds. The van der Waals surface area contributed by atoms with Crippen molar-refractivity contribution in [2.24, 2.45) is 0 Å². The molecule has 0 aliphatic heterocycles. The smallest absolute Gasteiger partial charge is 0.0487 e. The molecule has 170 valence electrons. The summed E-state index contributed by atoms with van der Waals surface area (Å²) >= 11 is 0. The van der Waals surface area contributed by atoms with Crippen LogP contribution in [0.2, 0.25) is 0 Å². The van der Waals surface area contributed by atoms with Crippen molar-refractivity contribution in [2.75, 3.05) is 11.9 Å². The zero-order valence-electron chi connectivity index (χ0n) is 20.5. The van der Waals surface area contributed by atoms with Gasteiger partial charge in [-0.05, 0) is 57.1 Å². The third-order valence-corrected chi connectivity index (χ3v) is 7.52. The second-order valence-corrected chi connectivity index (χ2v) is 9.89. The van der Waals surface area contributed by atoms with Crippen molar-refractivity contribution in [3.8, 4) is 33.4 Å². The van der Waals surface area contributed by atoms with Crippen LogP contribution in [-0.4, -0.2) is 7.05 Å². The third-order valence-electron chi connectivity index (χ3n) is 7.52. The molecule has 0 radical (unpaired) electrons. The van der Waals surface area contributed by atoms with Crippen LogP contribution in [0.5, 0.6) is 0 Å². The fourth-order valence-electron chi connectivity index (χ4n) is 5.63. The monoisotopic (exact) mass is 451 g/mol. The maximum atomic E-state index is 2.34. The van der Waals surface area contributed by atoms with Gasteiger partial charge in [0.25, 0.3) is 0 Å². The highest BCUT2D eigenvalue weighted by molar-refractivity contribution is 5.93. The molecular weight excluding hydrogens is 422 g/mol. The van der Waals surface area contributed by atoms with Gasteiger partial charge >= 0.3 is 0 Å². The van der Waals surface area contributed by atoms with E-state index in [-0.39, 0.29) is 5.41 Å². The van der Waals surface area contributed by atoms with Gasteiger partial charge in [-0.2, -0.15) is 0 Å². The van der Waals surface area contributed by atoms with Crippen LogP contribution >= 0.6 is 0 Å². The largest absolute Gasteiger partial charge is 0.344 e. The first-order valence-electron chi connectivity index (χ1n) is 12.3. The van der Waals surface area contributed by atoms with E-state index in [0.29, 0.717) is 0 Å². The van der Waals surface area contributed by atoms with Gasteiger partial charge in [0, 0.05) is 29.4 Å². The lowest BCUT2D eigenvalue weighted by Gasteiger charge is -2.23. The third kappa shape index (κ3) is 3.47. The highest BCUT2D eigenvalue weighted by atomic mass is 15.1. The average molecular weight is 452 g/mol. The SMILES string of the molecule is CN(c1ccc(-c2cccc3c2-c2ccccc2C3(C)C)cc1)c1ccccc1-c1ccccc1. The number of hydrogen-bond acceptors (Lipinski definition) is 1. The first-order valence-corrected chi connectivity index (χ1v) is 12.3. The molecule has 0 N–H and O–H groups in total. The topological polar surface area (TPSA) is 3.24 Å². The fourth-order valence-corrected chi connectivity index (χ4v) is 5.63. The van der Waals surface area contributed by atoms with E-state index in [1.165, 1.54) is 55.9 Å². The van der Waals surface area contributed by atoms with Gasteiger partial charge < -0.3 is 4.90 Å². The number of para-hydroxylation sites is 1. The summed E-state index contributed by atoms with van der Waals surface area (Å²) in [5.41, 5.74) is 13.0. The fraction of sp³-hybridized carbons (Fsp3) is 0.118. The Labute approximate surface area is 208 Å². The lowest BCUT2D eigenvalue weighted by atomic mass is 9.82. The van der Waals surface area contributed by atoms with E-state index in [2.05, 4.69) is 147 Å².